The van der Waals surface area contributed by atoms with Crippen molar-refractivity contribution in [2.45, 2.75) is 13.5 Å². The largest absolute Gasteiger partial charge is 0.399 e. The Bertz CT molecular complexity index is 781. The number of aryl methyl sites for hydroxylation is 1. The molecule has 2 aromatic carbocycles. The molecule has 0 aliphatic carbocycles. The lowest BCUT2D eigenvalue weighted by atomic mass is 10.1. The van der Waals surface area contributed by atoms with E-state index in [-0.39, 0.29) is 0 Å². The van der Waals surface area contributed by atoms with Crippen LogP contribution in [-0.4, -0.2) is 20.2 Å². The zero-order valence-corrected chi connectivity index (χ0v) is 12.2. The number of tetrazole rings is 1. The van der Waals surface area contributed by atoms with Gasteiger partial charge < -0.3 is 5.73 Å². The maximum Gasteiger partial charge on any atom is 0.183 e. The number of hydrogen-bond donors (Lipinski definition) is 1. The van der Waals surface area contributed by atoms with E-state index in [1.165, 1.54) is 0 Å². The maximum absolute atomic E-state index is 6.21. The maximum atomic E-state index is 6.21. The van der Waals surface area contributed by atoms with Gasteiger partial charge in [-0.05, 0) is 46.7 Å². The summed E-state index contributed by atoms with van der Waals surface area (Å²) in [7, 11) is 0. The van der Waals surface area contributed by atoms with Gasteiger partial charge in [0.25, 0.3) is 0 Å². The van der Waals surface area contributed by atoms with Crippen LogP contribution >= 0.6 is 11.6 Å². The van der Waals surface area contributed by atoms with Crippen molar-refractivity contribution < 1.29 is 0 Å². The number of hydrogen-bond acceptors (Lipinski definition) is 4. The van der Waals surface area contributed by atoms with E-state index in [0.717, 1.165) is 22.4 Å². The summed E-state index contributed by atoms with van der Waals surface area (Å²) in [5.74, 6) is 0.648. The summed E-state index contributed by atoms with van der Waals surface area (Å²) in [6.45, 7) is 2.54. The van der Waals surface area contributed by atoms with Gasteiger partial charge in [-0.3, -0.25) is 0 Å². The molecule has 0 radical (unpaired) electrons. The van der Waals surface area contributed by atoms with Gasteiger partial charge in [0.1, 0.15) is 0 Å². The van der Waals surface area contributed by atoms with Crippen LogP contribution < -0.4 is 5.73 Å². The molecule has 2 N–H and O–H groups in total. The number of aromatic nitrogens is 4. The van der Waals surface area contributed by atoms with E-state index in [1.54, 1.807) is 4.68 Å². The summed E-state index contributed by atoms with van der Waals surface area (Å²) in [5.41, 5.74) is 9.56. The molecule has 0 aliphatic rings. The van der Waals surface area contributed by atoms with E-state index >= 15 is 0 Å². The third-order valence-electron chi connectivity index (χ3n) is 3.31. The topological polar surface area (TPSA) is 69.6 Å². The molecular weight excluding hydrogens is 286 g/mol. The first-order chi connectivity index (χ1) is 10.1. The number of benzene rings is 2. The fraction of sp³-hybridized carbons (Fsp3) is 0.133. The van der Waals surface area contributed by atoms with Crippen LogP contribution in [-0.2, 0) is 6.54 Å². The first kappa shape index (κ1) is 13.6. The lowest BCUT2D eigenvalue weighted by molar-refractivity contribution is 0.653. The minimum Gasteiger partial charge on any atom is -0.399 e. The van der Waals surface area contributed by atoms with Crippen LogP contribution in [0.1, 0.15) is 11.1 Å². The number of nitrogens with zero attached hydrogens (tertiary/aromatic N) is 4. The predicted molar refractivity (Wildman–Crippen MR) is 83.0 cm³/mol. The summed E-state index contributed by atoms with van der Waals surface area (Å²) in [4.78, 5) is 0. The Morgan fingerprint density at radius 2 is 2.00 bits per heavy atom. The molecule has 0 saturated carbocycles. The van der Waals surface area contributed by atoms with Gasteiger partial charge in [0.15, 0.2) is 5.82 Å². The van der Waals surface area contributed by atoms with Crippen molar-refractivity contribution in [3.05, 3.63) is 58.6 Å². The van der Waals surface area contributed by atoms with Crippen LogP contribution in [0.3, 0.4) is 0 Å². The molecule has 0 unspecified atom stereocenters. The monoisotopic (exact) mass is 299 g/mol. The quantitative estimate of drug-likeness (QED) is 0.755. The predicted octanol–water partition coefficient (Wildman–Crippen LogP) is 2.93. The van der Waals surface area contributed by atoms with E-state index < -0.39 is 0 Å². The van der Waals surface area contributed by atoms with E-state index in [4.69, 9.17) is 17.3 Å². The highest BCUT2D eigenvalue weighted by molar-refractivity contribution is 6.33. The van der Waals surface area contributed by atoms with Crippen molar-refractivity contribution in [1.29, 1.82) is 0 Å². The highest BCUT2D eigenvalue weighted by Gasteiger charge is 2.12. The summed E-state index contributed by atoms with van der Waals surface area (Å²) >= 11 is 6.21. The molecule has 0 atom stereocenters. The number of nitrogens with two attached hydrogens (primary N) is 1. The smallest absolute Gasteiger partial charge is 0.183 e. The van der Waals surface area contributed by atoms with Crippen LogP contribution in [0, 0.1) is 6.92 Å². The average Bonchev–Trinajstić information content (AvgIpc) is 2.91. The Balaban J connectivity index is 1.96. The second kappa shape index (κ2) is 5.54. The van der Waals surface area contributed by atoms with Gasteiger partial charge in [-0.15, -0.1) is 5.10 Å². The van der Waals surface area contributed by atoms with Gasteiger partial charge in [-0.25, -0.2) is 4.68 Å². The summed E-state index contributed by atoms with van der Waals surface area (Å²) in [6, 6.07) is 13.4. The van der Waals surface area contributed by atoms with Gasteiger partial charge in [0.05, 0.1) is 11.6 Å². The Morgan fingerprint density at radius 1 is 1.19 bits per heavy atom. The van der Waals surface area contributed by atoms with Gasteiger partial charge in [0, 0.05) is 11.3 Å². The highest BCUT2D eigenvalue weighted by Crippen LogP contribution is 2.25. The standard InChI is InChI=1S/C15H14ClN5/c1-10-8-11(6-7-14(10)17)9-21-15(18-19-20-21)12-4-2-3-5-13(12)16/h2-8H,9,17H2,1H3. The van der Waals surface area contributed by atoms with Gasteiger partial charge in [0.2, 0.25) is 0 Å². The Morgan fingerprint density at radius 3 is 2.76 bits per heavy atom. The minimum atomic E-state index is 0.564. The molecule has 6 heteroatoms. The third kappa shape index (κ3) is 2.73. The number of nitrogen functional groups attached to an aromatic ring is 1. The zero-order chi connectivity index (χ0) is 14.8. The lowest BCUT2D eigenvalue weighted by Crippen LogP contribution is -2.05. The molecule has 106 valence electrons. The van der Waals surface area contributed by atoms with Crippen molar-refractivity contribution in [2.24, 2.45) is 0 Å². The molecule has 0 fully saturated rings. The first-order valence-corrected chi connectivity index (χ1v) is 6.89. The van der Waals surface area contributed by atoms with Crippen molar-refractivity contribution in [3.8, 4) is 11.4 Å². The van der Waals surface area contributed by atoms with E-state index in [2.05, 4.69) is 15.5 Å². The van der Waals surface area contributed by atoms with E-state index in [0.29, 0.717) is 17.4 Å². The summed E-state index contributed by atoms with van der Waals surface area (Å²) in [5, 5.41) is 12.5. The molecule has 5 nitrogen and oxygen atoms in total. The second-order valence-corrected chi connectivity index (χ2v) is 5.24. The fourth-order valence-corrected chi connectivity index (χ4v) is 2.38. The first-order valence-electron chi connectivity index (χ1n) is 6.51. The third-order valence-corrected chi connectivity index (χ3v) is 3.64. The molecule has 0 bridgehead atoms. The Hall–Kier alpha value is -2.40. The van der Waals surface area contributed by atoms with E-state index in [1.807, 2.05) is 49.4 Å². The Kier molecular flexibility index (Phi) is 3.58. The minimum absolute atomic E-state index is 0.564. The molecule has 21 heavy (non-hydrogen) atoms. The lowest BCUT2D eigenvalue weighted by Gasteiger charge is -2.08. The summed E-state index contributed by atoms with van der Waals surface area (Å²) < 4.78 is 1.73. The molecule has 0 amide bonds. The van der Waals surface area contributed by atoms with E-state index in [9.17, 15) is 0 Å². The molecule has 3 aromatic rings. The van der Waals surface area contributed by atoms with Crippen LogP contribution in [0.4, 0.5) is 5.69 Å². The SMILES string of the molecule is Cc1cc(Cn2nnnc2-c2ccccc2Cl)ccc1N. The molecule has 0 spiro atoms. The van der Waals surface area contributed by atoms with Crippen LogP contribution in [0.2, 0.25) is 5.02 Å². The van der Waals surface area contributed by atoms with Gasteiger partial charge >= 0.3 is 0 Å². The molecule has 1 aromatic heterocycles. The van der Waals surface area contributed by atoms with Crippen LogP contribution in [0.15, 0.2) is 42.5 Å². The fourth-order valence-electron chi connectivity index (χ4n) is 2.16. The summed E-state index contributed by atoms with van der Waals surface area (Å²) in [6.07, 6.45) is 0. The van der Waals surface area contributed by atoms with Crippen molar-refractivity contribution in [2.75, 3.05) is 5.73 Å². The van der Waals surface area contributed by atoms with Crippen LogP contribution in [0.5, 0.6) is 0 Å². The average molecular weight is 300 g/mol. The molecule has 3 rings (SSSR count). The van der Waals surface area contributed by atoms with Gasteiger partial charge in [-0.1, -0.05) is 35.9 Å². The number of halogens is 1. The molecular formula is C15H14ClN5. The number of anilines is 1. The van der Waals surface area contributed by atoms with Gasteiger partial charge in [-0.2, -0.15) is 0 Å². The molecule has 0 saturated heterocycles. The highest BCUT2D eigenvalue weighted by atomic mass is 35.5. The van der Waals surface area contributed by atoms with Crippen molar-refractivity contribution in [1.82, 2.24) is 20.2 Å². The van der Waals surface area contributed by atoms with Crippen LogP contribution in [0.25, 0.3) is 11.4 Å². The van der Waals surface area contributed by atoms with Crippen molar-refractivity contribution >= 4 is 17.3 Å². The second-order valence-electron chi connectivity index (χ2n) is 4.83. The Labute approximate surface area is 127 Å². The zero-order valence-electron chi connectivity index (χ0n) is 11.5. The number of rotatable bonds is 3. The molecule has 0 aliphatic heterocycles. The normalized spacial score (nSPS) is 10.8. The van der Waals surface area contributed by atoms with Crippen molar-refractivity contribution in [3.63, 3.8) is 0 Å². The molecule has 1 heterocycles.